The molecule has 0 fully saturated rings. The van der Waals surface area contributed by atoms with Crippen LogP contribution in [0.4, 0.5) is 5.69 Å². The summed E-state index contributed by atoms with van der Waals surface area (Å²) in [5.41, 5.74) is 1.03. The minimum absolute atomic E-state index is 0.125. The van der Waals surface area contributed by atoms with Crippen LogP contribution in [0.3, 0.4) is 0 Å². The molecule has 3 unspecified atom stereocenters. The first-order valence-corrected chi connectivity index (χ1v) is 14.5. The second-order valence-corrected chi connectivity index (χ2v) is 10.3. The summed E-state index contributed by atoms with van der Waals surface area (Å²) >= 11 is 0. The standard InChI is InChI=1S/C32H41N3O8/c1-6-23(33-17-11-19-42-25-13-8-7-9-14-25)12-10-18-43-27-16-15-24(35(38)39)20-26(27)30-28(31(36)40-4)21(2)34-22(3)29(30)32(37)41-5/h7-9,13-16,20,23,28,30,33H,6,10-12,17-19H2,1-5H3. The van der Waals surface area contributed by atoms with Crippen molar-refractivity contribution in [3.63, 3.8) is 0 Å². The van der Waals surface area contributed by atoms with Gasteiger partial charge in [-0.2, -0.15) is 0 Å². The Morgan fingerprint density at radius 1 is 1.02 bits per heavy atom. The Balaban J connectivity index is 1.72. The summed E-state index contributed by atoms with van der Waals surface area (Å²) in [6, 6.07) is 14.2. The second kappa shape index (κ2) is 16.4. The van der Waals surface area contributed by atoms with E-state index in [1.165, 1.54) is 32.4 Å². The van der Waals surface area contributed by atoms with E-state index in [0.717, 1.165) is 31.6 Å². The zero-order chi connectivity index (χ0) is 31.4. The maximum absolute atomic E-state index is 13.0. The number of hydrogen-bond acceptors (Lipinski definition) is 10. The Morgan fingerprint density at radius 3 is 2.40 bits per heavy atom. The lowest BCUT2D eigenvalue weighted by atomic mass is 9.75. The van der Waals surface area contributed by atoms with Crippen LogP contribution in [-0.4, -0.2) is 62.6 Å². The van der Waals surface area contributed by atoms with Crippen LogP contribution in [-0.2, 0) is 19.1 Å². The van der Waals surface area contributed by atoms with Crippen molar-refractivity contribution in [3.8, 4) is 11.5 Å². The van der Waals surface area contributed by atoms with Gasteiger partial charge in [-0.05, 0) is 64.3 Å². The van der Waals surface area contributed by atoms with Crippen molar-refractivity contribution < 1.29 is 33.5 Å². The third-order valence-corrected chi connectivity index (χ3v) is 7.44. The lowest BCUT2D eigenvalue weighted by Crippen LogP contribution is -2.36. The van der Waals surface area contributed by atoms with Gasteiger partial charge in [0.05, 0.1) is 37.9 Å². The molecule has 1 aliphatic rings. The van der Waals surface area contributed by atoms with Gasteiger partial charge in [0.1, 0.15) is 17.4 Å². The highest BCUT2D eigenvalue weighted by atomic mass is 16.6. The lowest BCUT2D eigenvalue weighted by Gasteiger charge is -2.32. The molecule has 1 aliphatic heterocycles. The van der Waals surface area contributed by atoms with Crippen molar-refractivity contribution in [1.82, 2.24) is 5.32 Å². The largest absolute Gasteiger partial charge is 0.494 e. The number of ether oxygens (including phenoxy) is 4. The van der Waals surface area contributed by atoms with Crippen molar-refractivity contribution in [3.05, 3.63) is 75.5 Å². The Labute approximate surface area is 252 Å². The van der Waals surface area contributed by atoms with Crippen LogP contribution in [0.15, 0.2) is 64.8 Å². The molecule has 3 atom stereocenters. The number of nitro benzene ring substituents is 1. The summed E-state index contributed by atoms with van der Waals surface area (Å²) < 4.78 is 22.0. The van der Waals surface area contributed by atoms with E-state index in [1.54, 1.807) is 13.8 Å². The molecule has 232 valence electrons. The van der Waals surface area contributed by atoms with E-state index in [-0.39, 0.29) is 17.3 Å². The van der Waals surface area contributed by atoms with Crippen molar-refractivity contribution in [2.45, 2.75) is 58.4 Å². The number of allylic oxidation sites excluding steroid dienone is 1. The first-order valence-electron chi connectivity index (χ1n) is 14.5. The van der Waals surface area contributed by atoms with Gasteiger partial charge in [-0.15, -0.1) is 0 Å². The average molecular weight is 596 g/mol. The van der Waals surface area contributed by atoms with Crippen molar-refractivity contribution in [2.24, 2.45) is 10.9 Å². The molecule has 0 saturated heterocycles. The number of methoxy groups -OCH3 is 2. The highest BCUT2D eigenvalue weighted by molar-refractivity contribution is 6.07. The maximum Gasteiger partial charge on any atom is 0.336 e. The average Bonchev–Trinajstić information content (AvgIpc) is 3.01. The van der Waals surface area contributed by atoms with E-state index in [4.69, 9.17) is 18.9 Å². The summed E-state index contributed by atoms with van der Waals surface area (Å²) in [5.74, 6) is -2.05. The molecule has 1 heterocycles. The van der Waals surface area contributed by atoms with Crippen LogP contribution < -0.4 is 14.8 Å². The molecule has 0 bridgehead atoms. The summed E-state index contributed by atoms with van der Waals surface area (Å²) in [7, 11) is 2.48. The highest BCUT2D eigenvalue weighted by Gasteiger charge is 2.43. The summed E-state index contributed by atoms with van der Waals surface area (Å²) in [6.07, 6.45) is 3.38. The zero-order valence-electron chi connectivity index (χ0n) is 25.5. The minimum Gasteiger partial charge on any atom is -0.494 e. The molecule has 0 amide bonds. The number of aliphatic imine (C=N–C) groups is 1. The van der Waals surface area contributed by atoms with E-state index >= 15 is 0 Å². The molecule has 3 rings (SSSR count). The Hall–Kier alpha value is -4.25. The van der Waals surface area contributed by atoms with Gasteiger partial charge in [0.2, 0.25) is 0 Å². The SMILES string of the molecule is CCC(CCCOc1ccc([N+](=O)[O-])cc1C1C(C(=O)OC)=C(C)N=C(C)C1C(=O)OC)NCCCOc1ccccc1. The number of esters is 2. The van der Waals surface area contributed by atoms with Gasteiger partial charge in [-0.25, -0.2) is 4.79 Å². The number of hydrogen-bond donors (Lipinski definition) is 1. The lowest BCUT2D eigenvalue weighted by molar-refractivity contribution is -0.385. The van der Waals surface area contributed by atoms with Crippen molar-refractivity contribution >= 4 is 23.3 Å². The van der Waals surface area contributed by atoms with Gasteiger partial charge in [-0.1, -0.05) is 25.1 Å². The molecule has 0 spiro atoms. The number of benzene rings is 2. The van der Waals surface area contributed by atoms with Gasteiger partial charge >= 0.3 is 11.9 Å². The predicted molar refractivity (Wildman–Crippen MR) is 163 cm³/mol. The number of nitrogens with one attached hydrogen (secondary N) is 1. The predicted octanol–water partition coefficient (Wildman–Crippen LogP) is 5.39. The van der Waals surface area contributed by atoms with Crippen LogP contribution in [0, 0.1) is 16.0 Å². The number of nitro groups is 1. The molecule has 1 N–H and O–H groups in total. The fourth-order valence-corrected chi connectivity index (χ4v) is 5.25. The van der Waals surface area contributed by atoms with Crippen molar-refractivity contribution in [1.29, 1.82) is 0 Å². The first kappa shape index (κ1) is 33.3. The Kier molecular flexibility index (Phi) is 12.7. The molecule has 0 radical (unpaired) electrons. The maximum atomic E-state index is 13.0. The van der Waals surface area contributed by atoms with Crippen LogP contribution in [0.5, 0.6) is 11.5 Å². The molecule has 11 heteroatoms. The van der Waals surface area contributed by atoms with Crippen LogP contribution >= 0.6 is 0 Å². The molecule has 2 aromatic carbocycles. The molecule has 11 nitrogen and oxygen atoms in total. The van der Waals surface area contributed by atoms with E-state index in [1.807, 2.05) is 30.3 Å². The molecule has 0 aromatic heterocycles. The smallest absolute Gasteiger partial charge is 0.336 e. The van der Waals surface area contributed by atoms with Crippen molar-refractivity contribution in [2.75, 3.05) is 34.0 Å². The van der Waals surface area contributed by atoms with Crippen LogP contribution in [0.2, 0.25) is 0 Å². The van der Waals surface area contributed by atoms with Crippen LogP contribution in [0.1, 0.15) is 57.9 Å². The fraction of sp³-hybridized carbons (Fsp3) is 0.469. The van der Waals surface area contributed by atoms with E-state index in [2.05, 4.69) is 17.2 Å². The number of carbonyl (C=O) groups excluding carboxylic acids is 2. The quantitative estimate of drug-likeness (QED) is 0.117. The first-order chi connectivity index (χ1) is 20.7. The molecule has 43 heavy (non-hydrogen) atoms. The number of non-ortho nitro benzene ring substituents is 1. The molecule has 0 aliphatic carbocycles. The highest BCUT2D eigenvalue weighted by Crippen LogP contribution is 2.44. The zero-order valence-corrected chi connectivity index (χ0v) is 25.5. The van der Waals surface area contributed by atoms with Gasteiger partial charge in [0, 0.05) is 41.1 Å². The second-order valence-electron chi connectivity index (χ2n) is 10.3. The number of nitrogens with zero attached hydrogens (tertiary/aromatic N) is 2. The third kappa shape index (κ3) is 8.87. The summed E-state index contributed by atoms with van der Waals surface area (Å²) in [5, 5.41) is 15.3. The van der Waals surface area contributed by atoms with Crippen LogP contribution in [0.25, 0.3) is 0 Å². The number of para-hydroxylation sites is 1. The molecule has 0 saturated carbocycles. The molecular formula is C32H41N3O8. The van der Waals surface area contributed by atoms with Gasteiger partial charge in [0.25, 0.3) is 5.69 Å². The minimum atomic E-state index is -0.994. The Bertz CT molecular complexity index is 1330. The van der Waals surface area contributed by atoms with E-state index < -0.39 is 28.7 Å². The van der Waals surface area contributed by atoms with Gasteiger partial charge < -0.3 is 24.3 Å². The molecular weight excluding hydrogens is 554 g/mol. The van der Waals surface area contributed by atoms with Gasteiger partial charge in [0.15, 0.2) is 0 Å². The number of carbonyl (C=O) groups is 2. The summed E-state index contributed by atoms with van der Waals surface area (Å²) in [6.45, 7) is 7.20. The topological polar surface area (TPSA) is 139 Å². The summed E-state index contributed by atoms with van der Waals surface area (Å²) in [4.78, 5) is 41.5. The Morgan fingerprint density at radius 2 is 1.74 bits per heavy atom. The van der Waals surface area contributed by atoms with E-state index in [0.29, 0.717) is 42.4 Å². The van der Waals surface area contributed by atoms with Gasteiger partial charge in [-0.3, -0.25) is 19.9 Å². The third-order valence-electron chi connectivity index (χ3n) is 7.44. The number of rotatable bonds is 16. The normalized spacial score (nSPS) is 17.1. The van der Waals surface area contributed by atoms with E-state index in [9.17, 15) is 19.7 Å². The monoisotopic (exact) mass is 595 g/mol. The molecule has 2 aromatic rings. The fourth-order valence-electron chi connectivity index (χ4n) is 5.25.